The van der Waals surface area contributed by atoms with Gasteiger partial charge in [-0.25, -0.2) is 0 Å². The molecule has 3 rings (SSSR count). The molecule has 1 aromatic carbocycles. The number of nitrogens with zero attached hydrogens (tertiary/aromatic N) is 3. The van der Waals surface area contributed by atoms with E-state index in [1.165, 1.54) is 5.56 Å². The molecule has 1 N–H and O–H groups in total. The van der Waals surface area contributed by atoms with Crippen LogP contribution in [0.3, 0.4) is 0 Å². The molecule has 28 heavy (non-hydrogen) atoms. The normalized spacial score (nSPS) is 11.0. The minimum Gasteiger partial charge on any atom is -0.348 e. The summed E-state index contributed by atoms with van der Waals surface area (Å²) in [5.74, 6) is -0.0416. The van der Waals surface area contributed by atoms with Gasteiger partial charge in [0.15, 0.2) is 0 Å². The number of benzene rings is 1. The molecule has 146 valence electrons. The van der Waals surface area contributed by atoms with E-state index in [0.29, 0.717) is 13.1 Å². The molecule has 2 heterocycles. The van der Waals surface area contributed by atoms with Crippen molar-refractivity contribution in [1.29, 1.82) is 0 Å². The summed E-state index contributed by atoms with van der Waals surface area (Å²) in [5, 5.41) is 3.09. The number of amides is 1. The van der Waals surface area contributed by atoms with Crippen molar-refractivity contribution < 1.29 is 4.79 Å². The average Bonchev–Trinajstić information content (AvgIpc) is 2.96. The third-order valence-corrected chi connectivity index (χ3v) is 4.91. The van der Waals surface area contributed by atoms with Crippen LogP contribution in [0.15, 0.2) is 54.7 Å². The van der Waals surface area contributed by atoms with E-state index < -0.39 is 0 Å². The Morgan fingerprint density at radius 3 is 2.46 bits per heavy atom. The molecular formula is C23H28N4O. The van der Waals surface area contributed by atoms with E-state index >= 15 is 0 Å². The number of pyridine rings is 1. The van der Waals surface area contributed by atoms with Crippen molar-refractivity contribution in [1.82, 2.24) is 19.8 Å². The SMILES string of the molecule is Cc1cc(C(=O)NCc2ccccc2CN(C)C)c(C)n1Cc1ccccn1. The number of carbonyl (C=O) groups is 1. The molecule has 0 fully saturated rings. The molecule has 0 atom stereocenters. The van der Waals surface area contributed by atoms with Crippen LogP contribution in [0.5, 0.6) is 0 Å². The number of hydrogen-bond donors (Lipinski definition) is 1. The molecule has 0 unspecified atom stereocenters. The second kappa shape index (κ2) is 8.85. The van der Waals surface area contributed by atoms with E-state index in [1.54, 1.807) is 6.20 Å². The van der Waals surface area contributed by atoms with Crippen molar-refractivity contribution >= 4 is 5.91 Å². The predicted molar refractivity (Wildman–Crippen MR) is 112 cm³/mol. The summed E-state index contributed by atoms with van der Waals surface area (Å²) in [6.07, 6.45) is 1.79. The molecule has 5 nitrogen and oxygen atoms in total. The van der Waals surface area contributed by atoms with Crippen LogP contribution in [-0.2, 0) is 19.6 Å². The van der Waals surface area contributed by atoms with Gasteiger partial charge < -0.3 is 14.8 Å². The summed E-state index contributed by atoms with van der Waals surface area (Å²) < 4.78 is 2.14. The van der Waals surface area contributed by atoms with E-state index in [2.05, 4.69) is 31.9 Å². The summed E-state index contributed by atoms with van der Waals surface area (Å²) in [6.45, 7) is 6.05. The Morgan fingerprint density at radius 2 is 1.79 bits per heavy atom. The fraction of sp³-hybridized carbons (Fsp3) is 0.304. The molecule has 0 aliphatic rings. The van der Waals surface area contributed by atoms with Crippen molar-refractivity contribution in [2.24, 2.45) is 0 Å². The van der Waals surface area contributed by atoms with Gasteiger partial charge >= 0.3 is 0 Å². The third-order valence-electron chi connectivity index (χ3n) is 4.91. The molecule has 1 amide bonds. The van der Waals surface area contributed by atoms with E-state index in [1.807, 2.05) is 64.3 Å². The van der Waals surface area contributed by atoms with Crippen LogP contribution in [-0.4, -0.2) is 34.5 Å². The summed E-state index contributed by atoms with van der Waals surface area (Å²) in [7, 11) is 4.09. The molecule has 0 spiro atoms. The Hall–Kier alpha value is -2.92. The number of aryl methyl sites for hydroxylation is 1. The first-order chi connectivity index (χ1) is 13.5. The van der Waals surface area contributed by atoms with Crippen molar-refractivity contribution in [3.63, 3.8) is 0 Å². The summed E-state index contributed by atoms with van der Waals surface area (Å²) in [4.78, 5) is 19.4. The predicted octanol–water partition coefficient (Wildman–Crippen LogP) is 3.54. The zero-order valence-corrected chi connectivity index (χ0v) is 17.1. The van der Waals surface area contributed by atoms with E-state index in [0.717, 1.165) is 34.8 Å². The monoisotopic (exact) mass is 376 g/mol. The maximum atomic E-state index is 12.8. The number of aromatic nitrogens is 2. The highest BCUT2D eigenvalue weighted by atomic mass is 16.1. The highest BCUT2D eigenvalue weighted by Gasteiger charge is 2.16. The van der Waals surface area contributed by atoms with Gasteiger partial charge in [-0.15, -0.1) is 0 Å². The smallest absolute Gasteiger partial charge is 0.253 e. The van der Waals surface area contributed by atoms with Gasteiger partial charge in [-0.2, -0.15) is 0 Å². The van der Waals surface area contributed by atoms with Gasteiger partial charge in [0.05, 0.1) is 17.8 Å². The number of carbonyl (C=O) groups excluding carboxylic acids is 1. The first kappa shape index (κ1) is 19.8. The van der Waals surface area contributed by atoms with Gasteiger partial charge in [0.2, 0.25) is 0 Å². The molecule has 0 bridgehead atoms. The Kier molecular flexibility index (Phi) is 6.26. The van der Waals surface area contributed by atoms with Crippen LogP contribution in [0.25, 0.3) is 0 Å². The lowest BCUT2D eigenvalue weighted by Crippen LogP contribution is -2.24. The van der Waals surface area contributed by atoms with Gasteiger partial charge in [-0.05, 0) is 57.3 Å². The third kappa shape index (κ3) is 4.67. The Bertz CT molecular complexity index is 944. The van der Waals surface area contributed by atoms with Gasteiger partial charge in [0.25, 0.3) is 5.91 Å². The minimum atomic E-state index is -0.0416. The fourth-order valence-corrected chi connectivity index (χ4v) is 3.42. The molecule has 3 aromatic rings. The number of rotatable bonds is 7. The first-order valence-electron chi connectivity index (χ1n) is 9.52. The quantitative estimate of drug-likeness (QED) is 0.686. The van der Waals surface area contributed by atoms with Crippen LogP contribution < -0.4 is 5.32 Å². The molecular weight excluding hydrogens is 348 g/mol. The maximum Gasteiger partial charge on any atom is 0.253 e. The van der Waals surface area contributed by atoms with E-state index in [4.69, 9.17) is 0 Å². The summed E-state index contributed by atoms with van der Waals surface area (Å²) in [6, 6.07) is 16.1. The van der Waals surface area contributed by atoms with E-state index in [9.17, 15) is 4.79 Å². The van der Waals surface area contributed by atoms with Crippen molar-refractivity contribution in [3.8, 4) is 0 Å². The Balaban J connectivity index is 1.73. The van der Waals surface area contributed by atoms with Crippen LogP contribution in [0.1, 0.15) is 38.6 Å². The topological polar surface area (TPSA) is 50.2 Å². The number of hydrogen-bond acceptors (Lipinski definition) is 3. The second-order valence-electron chi connectivity index (χ2n) is 7.38. The minimum absolute atomic E-state index is 0.0416. The van der Waals surface area contributed by atoms with Gasteiger partial charge in [0.1, 0.15) is 0 Å². The lowest BCUT2D eigenvalue weighted by atomic mass is 10.1. The molecule has 0 aliphatic carbocycles. The molecule has 2 aromatic heterocycles. The molecule has 0 radical (unpaired) electrons. The highest BCUT2D eigenvalue weighted by molar-refractivity contribution is 5.95. The Morgan fingerprint density at radius 1 is 1.07 bits per heavy atom. The number of nitrogens with one attached hydrogen (secondary N) is 1. The van der Waals surface area contributed by atoms with Crippen molar-refractivity contribution in [2.45, 2.75) is 33.5 Å². The molecule has 0 aliphatic heterocycles. The molecule has 0 saturated heterocycles. The van der Waals surface area contributed by atoms with Gasteiger partial charge in [-0.1, -0.05) is 30.3 Å². The Labute approximate surface area is 167 Å². The van der Waals surface area contributed by atoms with Crippen LogP contribution in [0.4, 0.5) is 0 Å². The summed E-state index contributed by atoms with van der Waals surface area (Å²) in [5.41, 5.74) is 6.09. The standard InChI is InChI=1S/C23H28N4O/c1-17-13-22(18(2)27(17)16-21-11-7-8-12-24-21)23(28)25-14-19-9-5-6-10-20(19)15-26(3)4/h5-13H,14-16H2,1-4H3,(H,25,28). The largest absolute Gasteiger partial charge is 0.348 e. The van der Waals surface area contributed by atoms with Gasteiger partial charge in [-0.3, -0.25) is 9.78 Å². The first-order valence-corrected chi connectivity index (χ1v) is 9.52. The van der Waals surface area contributed by atoms with Crippen LogP contribution in [0.2, 0.25) is 0 Å². The molecule has 0 saturated carbocycles. The van der Waals surface area contributed by atoms with E-state index in [-0.39, 0.29) is 5.91 Å². The van der Waals surface area contributed by atoms with Gasteiger partial charge in [0, 0.05) is 30.7 Å². The highest BCUT2D eigenvalue weighted by Crippen LogP contribution is 2.17. The summed E-state index contributed by atoms with van der Waals surface area (Å²) >= 11 is 0. The zero-order valence-electron chi connectivity index (χ0n) is 17.1. The average molecular weight is 377 g/mol. The lowest BCUT2D eigenvalue weighted by Gasteiger charge is -2.15. The fourth-order valence-electron chi connectivity index (χ4n) is 3.42. The maximum absolute atomic E-state index is 12.8. The van der Waals surface area contributed by atoms with Crippen molar-refractivity contribution in [2.75, 3.05) is 14.1 Å². The van der Waals surface area contributed by atoms with Crippen LogP contribution in [0, 0.1) is 13.8 Å². The zero-order chi connectivity index (χ0) is 20.1. The van der Waals surface area contributed by atoms with Crippen LogP contribution >= 0.6 is 0 Å². The molecule has 5 heteroatoms. The second-order valence-corrected chi connectivity index (χ2v) is 7.38. The van der Waals surface area contributed by atoms with Crippen molar-refractivity contribution in [3.05, 3.63) is 88.5 Å². The lowest BCUT2D eigenvalue weighted by molar-refractivity contribution is 0.0950.